The number of rotatable bonds is 6. The minimum absolute atomic E-state index is 0.0751. The summed E-state index contributed by atoms with van der Waals surface area (Å²) in [7, 11) is 3.87. The number of hydrogen-bond acceptors (Lipinski definition) is 4. The summed E-state index contributed by atoms with van der Waals surface area (Å²) in [5.41, 5.74) is 2.79. The molecule has 3 rings (SSSR count). The van der Waals surface area contributed by atoms with E-state index in [9.17, 15) is 4.79 Å². The van der Waals surface area contributed by atoms with Crippen LogP contribution in [0.15, 0.2) is 60.7 Å². The van der Waals surface area contributed by atoms with Gasteiger partial charge in [-0.1, -0.05) is 48.5 Å². The van der Waals surface area contributed by atoms with Gasteiger partial charge in [-0.3, -0.25) is 4.79 Å². The van der Waals surface area contributed by atoms with Gasteiger partial charge in [-0.2, -0.15) is 0 Å². The maximum Gasteiger partial charge on any atom is 0.238 e. The minimum Gasteiger partial charge on any atom is -0.363 e. The van der Waals surface area contributed by atoms with Crippen LogP contribution in [0.4, 0.5) is 11.5 Å². The van der Waals surface area contributed by atoms with Gasteiger partial charge in [0.15, 0.2) is 0 Å². The van der Waals surface area contributed by atoms with Crippen LogP contribution in [0, 0.1) is 0 Å². The van der Waals surface area contributed by atoms with Crippen LogP contribution in [0.5, 0.6) is 0 Å². The third kappa shape index (κ3) is 4.18. The Morgan fingerprint density at radius 3 is 2.50 bits per heavy atom. The average Bonchev–Trinajstić information content (AvgIpc) is 2.66. The zero-order valence-electron chi connectivity index (χ0n) is 15.4. The summed E-state index contributed by atoms with van der Waals surface area (Å²) < 4.78 is 0. The van der Waals surface area contributed by atoms with E-state index in [2.05, 4.69) is 34.7 Å². The second-order valence-corrected chi connectivity index (χ2v) is 6.50. The largest absolute Gasteiger partial charge is 0.363 e. The molecular weight excluding hydrogens is 324 g/mol. The van der Waals surface area contributed by atoms with Crippen molar-refractivity contribution in [1.29, 1.82) is 0 Å². The molecule has 0 bridgehead atoms. The molecule has 3 aromatic rings. The van der Waals surface area contributed by atoms with Crippen LogP contribution in [-0.2, 0) is 4.79 Å². The van der Waals surface area contributed by atoms with Gasteiger partial charge in [-0.25, -0.2) is 4.98 Å². The molecular formula is C21H24N4O. The maximum atomic E-state index is 12.5. The molecule has 5 heteroatoms. The first-order chi connectivity index (χ1) is 12.5. The molecule has 0 radical (unpaired) electrons. The third-order valence-corrected chi connectivity index (χ3v) is 4.30. The van der Waals surface area contributed by atoms with Crippen molar-refractivity contribution in [1.82, 2.24) is 10.3 Å². The van der Waals surface area contributed by atoms with E-state index in [4.69, 9.17) is 0 Å². The minimum atomic E-state index is -0.0751. The summed E-state index contributed by atoms with van der Waals surface area (Å²) in [6, 6.07) is 19.9. The van der Waals surface area contributed by atoms with Crippen molar-refractivity contribution >= 4 is 28.3 Å². The third-order valence-electron chi connectivity index (χ3n) is 4.30. The van der Waals surface area contributed by atoms with Crippen LogP contribution >= 0.6 is 0 Å². The van der Waals surface area contributed by atoms with Crippen molar-refractivity contribution in [2.24, 2.45) is 0 Å². The highest BCUT2D eigenvalue weighted by atomic mass is 16.1. The number of aromatic nitrogens is 1. The van der Waals surface area contributed by atoms with Crippen LogP contribution < -0.4 is 15.5 Å². The number of carbonyl (C=O) groups excluding carboxylic acids is 1. The second-order valence-electron chi connectivity index (χ2n) is 6.50. The Morgan fingerprint density at radius 2 is 1.77 bits per heavy atom. The van der Waals surface area contributed by atoms with Crippen LogP contribution in [0.1, 0.15) is 18.5 Å². The number of para-hydroxylation sites is 1. The number of pyridine rings is 1. The predicted octanol–water partition coefficient (Wildman–Crippen LogP) is 3.59. The molecule has 0 saturated carbocycles. The van der Waals surface area contributed by atoms with Gasteiger partial charge in [-0.15, -0.1) is 0 Å². The highest BCUT2D eigenvalue weighted by Crippen LogP contribution is 2.26. The fourth-order valence-corrected chi connectivity index (χ4v) is 2.79. The molecule has 5 nitrogen and oxygen atoms in total. The Morgan fingerprint density at radius 1 is 1.08 bits per heavy atom. The van der Waals surface area contributed by atoms with E-state index in [0.29, 0.717) is 0 Å². The number of hydrogen-bond donors (Lipinski definition) is 2. The van der Waals surface area contributed by atoms with Crippen molar-refractivity contribution in [2.45, 2.75) is 13.0 Å². The van der Waals surface area contributed by atoms with Gasteiger partial charge >= 0.3 is 0 Å². The van der Waals surface area contributed by atoms with Gasteiger partial charge in [0.05, 0.1) is 17.7 Å². The quantitative estimate of drug-likeness (QED) is 0.715. The lowest BCUT2D eigenvalue weighted by Crippen LogP contribution is -2.30. The lowest BCUT2D eigenvalue weighted by Gasteiger charge is -2.17. The summed E-state index contributed by atoms with van der Waals surface area (Å²) in [6.07, 6.45) is 0. The zero-order valence-corrected chi connectivity index (χ0v) is 15.4. The molecule has 1 heterocycles. The van der Waals surface area contributed by atoms with Gasteiger partial charge in [-0.05, 0) is 18.6 Å². The normalized spacial score (nSPS) is 12.0. The molecule has 1 atom stereocenters. The first kappa shape index (κ1) is 17.9. The van der Waals surface area contributed by atoms with Gasteiger partial charge in [0.2, 0.25) is 5.91 Å². The molecule has 26 heavy (non-hydrogen) atoms. The van der Waals surface area contributed by atoms with E-state index < -0.39 is 0 Å². The van der Waals surface area contributed by atoms with Crippen LogP contribution in [0.3, 0.4) is 0 Å². The van der Waals surface area contributed by atoms with Gasteiger partial charge < -0.3 is 15.5 Å². The fraction of sp³-hybridized carbons (Fsp3) is 0.238. The Labute approximate surface area is 154 Å². The molecule has 0 spiro atoms. The monoisotopic (exact) mass is 348 g/mol. The Kier molecular flexibility index (Phi) is 5.49. The number of nitrogens with one attached hydrogen (secondary N) is 2. The summed E-state index contributed by atoms with van der Waals surface area (Å²) in [5.74, 6) is 0.735. The number of nitrogens with zero attached hydrogens (tertiary/aromatic N) is 2. The number of carbonyl (C=O) groups is 1. The first-order valence-electron chi connectivity index (χ1n) is 8.70. The molecule has 0 aliphatic rings. The molecule has 2 N–H and O–H groups in total. The van der Waals surface area contributed by atoms with E-state index in [1.807, 2.05) is 67.5 Å². The van der Waals surface area contributed by atoms with Crippen LogP contribution in [-0.4, -0.2) is 31.5 Å². The molecule has 0 unspecified atom stereocenters. The van der Waals surface area contributed by atoms with Crippen molar-refractivity contribution in [2.75, 3.05) is 30.9 Å². The highest BCUT2D eigenvalue weighted by Gasteiger charge is 2.11. The van der Waals surface area contributed by atoms with E-state index in [0.717, 1.165) is 28.0 Å². The van der Waals surface area contributed by atoms with Gasteiger partial charge in [0.25, 0.3) is 0 Å². The van der Waals surface area contributed by atoms with Crippen molar-refractivity contribution in [3.8, 4) is 0 Å². The molecule has 2 aromatic carbocycles. The van der Waals surface area contributed by atoms with Crippen molar-refractivity contribution in [3.05, 3.63) is 66.2 Å². The van der Waals surface area contributed by atoms with E-state index >= 15 is 0 Å². The number of fused-ring (bicyclic) bond motifs is 1. The van der Waals surface area contributed by atoms with Crippen LogP contribution in [0.2, 0.25) is 0 Å². The predicted molar refractivity (Wildman–Crippen MR) is 108 cm³/mol. The Balaban J connectivity index is 1.73. The summed E-state index contributed by atoms with van der Waals surface area (Å²) in [5, 5.41) is 7.22. The van der Waals surface area contributed by atoms with Crippen LogP contribution in [0.25, 0.3) is 10.9 Å². The van der Waals surface area contributed by atoms with Gasteiger partial charge in [0, 0.05) is 31.6 Å². The fourth-order valence-electron chi connectivity index (χ4n) is 2.79. The Bertz CT molecular complexity index is 893. The standard InChI is InChI=1S/C21H24N4O/c1-15(16-9-5-4-6-10-16)22-14-21(26)24-19-13-20(25(2)3)23-18-12-8-7-11-17(18)19/h4-13,15,22H,14H2,1-3H3,(H,23,24,26)/t15-/m0/s1. The Hall–Kier alpha value is -2.92. The molecule has 0 saturated heterocycles. The molecule has 1 aromatic heterocycles. The zero-order chi connectivity index (χ0) is 18.5. The van der Waals surface area contributed by atoms with Gasteiger partial charge in [0.1, 0.15) is 5.82 Å². The second kappa shape index (κ2) is 7.97. The SMILES string of the molecule is C[C@H](NCC(=O)Nc1cc(N(C)C)nc2ccccc12)c1ccccc1. The topological polar surface area (TPSA) is 57.3 Å². The van der Waals surface area contributed by atoms with Crippen molar-refractivity contribution < 1.29 is 4.79 Å². The molecule has 1 amide bonds. The molecule has 0 fully saturated rings. The van der Waals surface area contributed by atoms with E-state index in [-0.39, 0.29) is 18.5 Å². The number of benzene rings is 2. The lowest BCUT2D eigenvalue weighted by atomic mass is 10.1. The summed E-state index contributed by atoms with van der Waals surface area (Å²) in [4.78, 5) is 19.0. The van der Waals surface area contributed by atoms with E-state index in [1.165, 1.54) is 0 Å². The number of anilines is 2. The summed E-state index contributed by atoms with van der Waals surface area (Å²) in [6.45, 7) is 2.29. The lowest BCUT2D eigenvalue weighted by molar-refractivity contribution is -0.115. The first-order valence-corrected chi connectivity index (χ1v) is 8.70. The molecule has 0 aliphatic carbocycles. The highest BCUT2D eigenvalue weighted by molar-refractivity contribution is 6.02. The number of amides is 1. The van der Waals surface area contributed by atoms with Crippen molar-refractivity contribution in [3.63, 3.8) is 0 Å². The molecule has 0 aliphatic heterocycles. The molecule has 134 valence electrons. The van der Waals surface area contributed by atoms with E-state index in [1.54, 1.807) is 0 Å². The average molecular weight is 348 g/mol. The smallest absolute Gasteiger partial charge is 0.238 e. The maximum absolute atomic E-state index is 12.5. The summed E-state index contributed by atoms with van der Waals surface area (Å²) >= 11 is 0.